The summed E-state index contributed by atoms with van der Waals surface area (Å²) in [6.07, 6.45) is 0. The van der Waals surface area contributed by atoms with Crippen LogP contribution in [0.1, 0.15) is 0 Å². The lowest BCUT2D eigenvalue weighted by Crippen LogP contribution is -2.48. The molecule has 3 aromatic heterocycles. The topological polar surface area (TPSA) is 48.5 Å². The highest BCUT2D eigenvalue weighted by molar-refractivity contribution is 6.71. The Labute approximate surface area is 359 Å². The number of rotatable bonds is 5. The van der Waals surface area contributed by atoms with E-state index in [0.717, 1.165) is 27.8 Å². The van der Waals surface area contributed by atoms with Crippen molar-refractivity contribution in [2.24, 2.45) is 0 Å². The molecule has 7 aromatic carbocycles. The Bertz CT molecular complexity index is 3370. The maximum absolute atomic E-state index is 5.40. The van der Waals surface area contributed by atoms with Gasteiger partial charge in [0.05, 0.1) is 5.52 Å². The van der Waals surface area contributed by atoms with E-state index in [-0.39, 0.29) is 0 Å². The maximum atomic E-state index is 5.40. The third kappa shape index (κ3) is 5.51. The molecule has 5 nitrogen and oxygen atoms in total. The van der Waals surface area contributed by atoms with Gasteiger partial charge >= 0.3 is 0 Å². The number of benzene rings is 7. The molecule has 0 bridgehead atoms. The summed E-state index contributed by atoms with van der Waals surface area (Å²) in [5, 5.41) is 5.16. The van der Waals surface area contributed by atoms with Gasteiger partial charge in [-0.2, -0.15) is 9.97 Å². The fourth-order valence-electron chi connectivity index (χ4n) is 9.93. The van der Waals surface area contributed by atoms with E-state index in [2.05, 4.69) is 166 Å². The molecular weight excluding hydrogens is 719 g/mol. The highest BCUT2D eigenvalue weighted by Crippen LogP contribution is 2.35. The maximum Gasteiger partial charge on any atom is 0.238 e. The van der Waals surface area contributed by atoms with Crippen LogP contribution in [0.4, 0.5) is 0 Å². The summed E-state index contributed by atoms with van der Waals surface area (Å²) in [4.78, 5) is 15.9. The average molecular weight is 758 g/mol. The Morgan fingerprint density at radius 2 is 0.683 bits per heavy atom. The van der Waals surface area contributed by atoms with Gasteiger partial charge in [-0.3, -0.25) is 4.57 Å². The molecule has 15 heteroatoms. The van der Waals surface area contributed by atoms with E-state index in [9.17, 15) is 0 Å². The van der Waals surface area contributed by atoms with Crippen molar-refractivity contribution in [3.63, 3.8) is 0 Å². The van der Waals surface area contributed by atoms with Gasteiger partial charge in [-0.05, 0) is 39.5 Å². The van der Waals surface area contributed by atoms with Crippen molar-refractivity contribution in [1.82, 2.24) is 24.1 Å². The van der Waals surface area contributed by atoms with Gasteiger partial charge in [0.15, 0.2) is 11.6 Å². The highest BCUT2D eigenvalue weighted by atomic mass is 15.2. The van der Waals surface area contributed by atoms with E-state index in [4.69, 9.17) is 15.0 Å². The normalized spacial score (nSPS) is 11.7. The Balaban J connectivity index is 1.45. The minimum Gasteiger partial charge on any atom is -0.310 e. The summed E-state index contributed by atoms with van der Waals surface area (Å²) in [6.45, 7) is 0. The van der Waals surface area contributed by atoms with Crippen molar-refractivity contribution in [2.45, 2.75) is 0 Å². The van der Waals surface area contributed by atoms with Crippen molar-refractivity contribution in [3.05, 3.63) is 115 Å². The van der Waals surface area contributed by atoms with E-state index in [1.54, 1.807) is 0 Å². The number of nitrogens with zero attached hydrogens (tertiary/aromatic N) is 5. The number of hydrogen-bond donors (Lipinski definition) is 0. The molecule has 274 valence electrons. The molecule has 0 unspecified atom stereocenters. The van der Waals surface area contributed by atoms with Gasteiger partial charge in [-0.25, -0.2) is 4.98 Å². The van der Waals surface area contributed by atoms with Gasteiger partial charge < -0.3 is 4.57 Å². The molecule has 10 aromatic rings. The Morgan fingerprint density at radius 1 is 0.300 bits per heavy atom. The smallest absolute Gasteiger partial charge is 0.238 e. The van der Waals surface area contributed by atoms with Crippen LogP contribution in [0.15, 0.2) is 115 Å². The molecule has 0 spiro atoms. The van der Waals surface area contributed by atoms with Crippen molar-refractivity contribution < 1.29 is 0 Å². The summed E-state index contributed by atoms with van der Waals surface area (Å²) in [5.41, 5.74) is 23.1. The van der Waals surface area contributed by atoms with Crippen molar-refractivity contribution in [3.8, 4) is 45.5 Å². The number of hydrogen-bond acceptors (Lipinski definition) is 3. The van der Waals surface area contributed by atoms with Crippen LogP contribution in [-0.4, -0.2) is 103 Å². The van der Waals surface area contributed by atoms with Gasteiger partial charge in [0, 0.05) is 44.1 Å². The monoisotopic (exact) mass is 759 g/mol. The average Bonchev–Trinajstić information content (AvgIpc) is 3.85. The van der Waals surface area contributed by atoms with Gasteiger partial charge in [0.2, 0.25) is 5.95 Å². The lowest BCUT2D eigenvalue weighted by atomic mass is 9.64. The Kier molecular flexibility index (Phi) is 9.02. The van der Waals surface area contributed by atoms with Crippen molar-refractivity contribution >= 4 is 177 Å². The standard InChI is InChI=1S/C45H39B10N5/c46-29-25-27-30(47)32(49)34(51)36(53)39(27)59(24-18-10-17-23(19-24)20-11-4-1-5-12-20)41(25)38(55)42-26(29)28-31(48)33(50)35(52)37(54)40(28)60(42)45-57-43(21-13-6-2-7-14-21)56-44(58-45)22-15-8-3-9-16-22/h1-19H,46-55H2. The predicted octanol–water partition coefficient (Wildman–Crippen LogP) is -6.35. The van der Waals surface area contributed by atoms with Crippen LogP contribution in [0.2, 0.25) is 0 Å². The third-order valence-electron chi connectivity index (χ3n) is 13.7. The third-order valence-corrected chi connectivity index (χ3v) is 13.7. The first-order chi connectivity index (χ1) is 29.0. The van der Waals surface area contributed by atoms with Crippen molar-refractivity contribution in [2.75, 3.05) is 0 Å². The summed E-state index contributed by atoms with van der Waals surface area (Å²) in [5.74, 6) is 1.91. The van der Waals surface area contributed by atoms with Crippen LogP contribution in [0.3, 0.4) is 0 Å². The molecule has 0 atom stereocenters. The number of fused-ring (bicyclic) bond motifs is 6. The fraction of sp³-hybridized carbons (Fsp3) is 0. The van der Waals surface area contributed by atoms with Gasteiger partial charge in [0.1, 0.15) is 78.5 Å². The molecule has 0 radical (unpaired) electrons. The van der Waals surface area contributed by atoms with Gasteiger partial charge in [0.25, 0.3) is 0 Å². The first-order valence-electron chi connectivity index (χ1n) is 21.0. The summed E-state index contributed by atoms with van der Waals surface area (Å²) in [7, 11) is 23.0. The molecule has 0 aliphatic heterocycles. The molecule has 0 saturated heterocycles. The van der Waals surface area contributed by atoms with E-state index in [1.807, 2.05) is 36.4 Å². The Morgan fingerprint density at radius 3 is 1.18 bits per heavy atom. The van der Waals surface area contributed by atoms with Crippen LogP contribution in [-0.2, 0) is 0 Å². The zero-order valence-corrected chi connectivity index (χ0v) is 36.2. The molecule has 0 fully saturated rings. The minimum atomic E-state index is 0.614. The van der Waals surface area contributed by atoms with Crippen LogP contribution >= 0.6 is 0 Å². The van der Waals surface area contributed by atoms with Crippen LogP contribution in [0.25, 0.3) is 89.2 Å². The number of aromatic nitrogens is 5. The first-order valence-corrected chi connectivity index (χ1v) is 21.0. The second-order valence-corrected chi connectivity index (χ2v) is 16.7. The molecule has 0 amide bonds. The van der Waals surface area contributed by atoms with Gasteiger partial charge in [-0.15, -0.1) is 10.9 Å². The summed E-state index contributed by atoms with van der Waals surface area (Å²) < 4.78 is 4.93. The van der Waals surface area contributed by atoms with Crippen LogP contribution < -0.4 is 54.6 Å². The van der Waals surface area contributed by atoms with E-state index < -0.39 is 0 Å². The zero-order chi connectivity index (χ0) is 41.7. The molecule has 10 rings (SSSR count). The molecule has 0 N–H and O–H groups in total. The van der Waals surface area contributed by atoms with Gasteiger partial charge in [-0.1, -0.05) is 141 Å². The molecule has 3 heterocycles. The zero-order valence-electron chi connectivity index (χ0n) is 36.2. The minimum absolute atomic E-state index is 0.614. The van der Waals surface area contributed by atoms with Crippen molar-refractivity contribution in [1.29, 1.82) is 0 Å². The van der Waals surface area contributed by atoms with E-state index in [1.165, 1.54) is 98.3 Å². The largest absolute Gasteiger partial charge is 0.310 e. The molecular formula is C45H39B10N5. The molecule has 0 aliphatic carbocycles. The summed E-state index contributed by atoms with van der Waals surface area (Å²) >= 11 is 0. The SMILES string of the molecule is Bc1c(B)c(B)c2c(c1B)c1c(B)c3c4c(B)c(B)c(B)c(B)c4n(-c4nc(-c5ccccc5)nc(-c5ccccc5)n4)c3c(B)c1n2-c1cccc(-c2ccccc2)c1. The lowest BCUT2D eigenvalue weighted by molar-refractivity contribution is 0.956. The highest BCUT2D eigenvalue weighted by Gasteiger charge is 2.29. The second-order valence-electron chi connectivity index (χ2n) is 16.7. The van der Waals surface area contributed by atoms with E-state index >= 15 is 0 Å². The lowest BCUT2D eigenvalue weighted by Gasteiger charge is -2.17. The summed E-state index contributed by atoms with van der Waals surface area (Å²) in [6, 6.07) is 40.3. The fourth-order valence-corrected chi connectivity index (χ4v) is 9.93. The quantitative estimate of drug-likeness (QED) is 0.165. The second kappa shape index (κ2) is 14.2. The Hall–Kier alpha value is -6.20. The first kappa shape index (κ1) is 38.0. The van der Waals surface area contributed by atoms with Crippen LogP contribution in [0.5, 0.6) is 0 Å². The predicted molar refractivity (Wildman–Crippen MR) is 287 cm³/mol. The van der Waals surface area contributed by atoms with Crippen LogP contribution in [0, 0.1) is 0 Å². The molecule has 0 saturated carbocycles. The molecule has 0 aliphatic rings. The van der Waals surface area contributed by atoms with E-state index in [0.29, 0.717) is 17.6 Å². The molecule has 60 heavy (non-hydrogen) atoms.